The molecule has 2 atom stereocenters. The summed E-state index contributed by atoms with van der Waals surface area (Å²) in [6.07, 6.45) is 0.783. The molecule has 11 heteroatoms. The first-order valence-electron chi connectivity index (χ1n) is 12.8. The highest BCUT2D eigenvalue weighted by Gasteiger charge is 2.31. The Bertz CT molecular complexity index is 1140. The molecule has 0 spiro atoms. The van der Waals surface area contributed by atoms with Crippen molar-refractivity contribution in [2.24, 2.45) is 0 Å². The Balaban J connectivity index is 1.78. The number of hydrogen-bond acceptors (Lipinski definition) is 7. The summed E-state index contributed by atoms with van der Waals surface area (Å²) in [5, 5.41) is 5.35. The number of urea groups is 1. The first kappa shape index (κ1) is 29.5. The normalized spacial score (nSPS) is 15.6. The minimum absolute atomic E-state index is 0.0129. The van der Waals surface area contributed by atoms with Gasteiger partial charge in [0.25, 0.3) is 0 Å². The van der Waals surface area contributed by atoms with Crippen LogP contribution in [0, 0.1) is 12.7 Å². The summed E-state index contributed by atoms with van der Waals surface area (Å²) in [6.45, 7) is 3.63. The van der Waals surface area contributed by atoms with Gasteiger partial charge in [-0.1, -0.05) is 6.07 Å². The first-order valence-corrected chi connectivity index (χ1v) is 12.8. The van der Waals surface area contributed by atoms with Gasteiger partial charge >= 0.3 is 18.1 Å². The van der Waals surface area contributed by atoms with Crippen molar-refractivity contribution in [3.8, 4) is 11.5 Å². The van der Waals surface area contributed by atoms with Gasteiger partial charge < -0.3 is 34.5 Å². The van der Waals surface area contributed by atoms with Gasteiger partial charge in [0.2, 0.25) is 0 Å². The summed E-state index contributed by atoms with van der Waals surface area (Å²) in [7, 11) is 3.05. The average molecular weight is 546 g/mol. The van der Waals surface area contributed by atoms with Gasteiger partial charge in [-0.3, -0.25) is 4.79 Å². The Morgan fingerprint density at radius 3 is 2.44 bits per heavy atom. The van der Waals surface area contributed by atoms with Gasteiger partial charge in [0, 0.05) is 26.0 Å². The zero-order chi connectivity index (χ0) is 28.4. The average Bonchev–Trinajstić information content (AvgIpc) is 2.90. The maximum atomic E-state index is 13.7. The number of benzene rings is 2. The number of carbonyl (C=O) groups excluding carboxylic acids is 3. The third-order valence-corrected chi connectivity index (χ3v) is 6.40. The molecule has 1 saturated heterocycles. The minimum Gasteiger partial charge on any atom is -0.497 e. The summed E-state index contributed by atoms with van der Waals surface area (Å²) in [6, 6.07) is 9.16. The molecule has 10 nitrogen and oxygen atoms in total. The van der Waals surface area contributed by atoms with Gasteiger partial charge in [0.05, 0.1) is 26.8 Å². The number of carbonyl (C=O) groups is 3. The van der Waals surface area contributed by atoms with Crippen molar-refractivity contribution < 1.29 is 37.7 Å². The zero-order valence-corrected chi connectivity index (χ0v) is 22.8. The lowest BCUT2D eigenvalue weighted by atomic mass is 9.92. The molecule has 1 aliphatic rings. The van der Waals surface area contributed by atoms with Crippen LogP contribution in [0.5, 0.6) is 11.5 Å². The van der Waals surface area contributed by atoms with Crippen LogP contribution >= 0.6 is 0 Å². The number of ether oxygens (including phenoxy) is 4. The smallest absolute Gasteiger partial charge is 0.409 e. The number of hydrogen-bond donors (Lipinski definition) is 2. The maximum Gasteiger partial charge on any atom is 0.409 e. The van der Waals surface area contributed by atoms with Gasteiger partial charge in [-0.2, -0.15) is 0 Å². The van der Waals surface area contributed by atoms with E-state index in [1.165, 1.54) is 33.3 Å². The summed E-state index contributed by atoms with van der Waals surface area (Å²) in [4.78, 5) is 38.7. The summed E-state index contributed by atoms with van der Waals surface area (Å²) in [5.74, 6) is 0.297. The standard InChI is InChI=1S/C28H36FN3O7/c1-18-13-21(29)8-9-24(18)25-7-5-6-11-32(25)27(34)31-26(39-28(35)30-10-12-38-19(2)33)16-20-14-22(36-3)17-23(15-20)37-4/h8-9,13-15,17,25-26H,5-7,10-12,16H2,1-4H3,(H,30,35)(H,31,34). The van der Waals surface area contributed by atoms with E-state index in [1.54, 1.807) is 29.2 Å². The van der Waals surface area contributed by atoms with Crippen molar-refractivity contribution in [2.75, 3.05) is 33.9 Å². The van der Waals surface area contributed by atoms with Crippen LogP contribution in [0.1, 0.15) is 48.9 Å². The van der Waals surface area contributed by atoms with Crippen molar-refractivity contribution in [2.45, 2.75) is 51.8 Å². The number of aryl methyl sites for hydroxylation is 1. The van der Waals surface area contributed by atoms with Crippen LogP contribution in [0.15, 0.2) is 36.4 Å². The van der Waals surface area contributed by atoms with Crippen LogP contribution in [0.25, 0.3) is 0 Å². The monoisotopic (exact) mass is 545 g/mol. The Morgan fingerprint density at radius 1 is 1.08 bits per heavy atom. The lowest BCUT2D eigenvalue weighted by Gasteiger charge is -2.37. The fraction of sp³-hybridized carbons (Fsp3) is 0.464. The molecule has 2 aromatic carbocycles. The molecule has 0 saturated carbocycles. The van der Waals surface area contributed by atoms with E-state index in [0.29, 0.717) is 23.6 Å². The van der Waals surface area contributed by atoms with Crippen molar-refractivity contribution in [1.29, 1.82) is 0 Å². The van der Waals surface area contributed by atoms with Crippen molar-refractivity contribution in [3.05, 3.63) is 58.9 Å². The number of likely N-dealkylation sites (tertiary alicyclic amines) is 1. The highest BCUT2D eigenvalue weighted by Crippen LogP contribution is 2.33. The van der Waals surface area contributed by atoms with E-state index >= 15 is 0 Å². The number of amides is 3. The van der Waals surface area contributed by atoms with Crippen molar-refractivity contribution >= 4 is 18.1 Å². The van der Waals surface area contributed by atoms with Gasteiger partial charge in [-0.05, 0) is 67.1 Å². The van der Waals surface area contributed by atoms with Crippen LogP contribution in [0.4, 0.5) is 14.0 Å². The molecule has 0 bridgehead atoms. The quantitative estimate of drug-likeness (QED) is 0.261. The van der Waals surface area contributed by atoms with Crippen LogP contribution in [-0.2, 0) is 20.7 Å². The molecule has 1 aliphatic heterocycles. The molecule has 3 rings (SSSR count). The number of nitrogens with one attached hydrogen (secondary N) is 2. The first-order chi connectivity index (χ1) is 18.7. The predicted molar refractivity (Wildman–Crippen MR) is 141 cm³/mol. The number of rotatable bonds is 10. The summed E-state index contributed by atoms with van der Waals surface area (Å²) < 4.78 is 34.8. The van der Waals surface area contributed by atoms with E-state index in [0.717, 1.165) is 30.4 Å². The largest absolute Gasteiger partial charge is 0.497 e. The van der Waals surface area contributed by atoms with E-state index in [9.17, 15) is 18.8 Å². The van der Waals surface area contributed by atoms with Gasteiger partial charge in [0.1, 0.15) is 23.9 Å². The zero-order valence-electron chi connectivity index (χ0n) is 22.8. The number of esters is 1. The molecule has 1 heterocycles. The van der Waals surface area contributed by atoms with E-state index in [-0.39, 0.29) is 31.4 Å². The van der Waals surface area contributed by atoms with E-state index in [2.05, 4.69) is 10.6 Å². The molecular formula is C28H36FN3O7. The second-order valence-electron chi connectivity index (χ2n) is 9.24. The number of halogens is 1. The van der Waals surface area contributed by atoms with Crippen LogP contribution < -0.4 is 20.1 Å². The molecule has 2 N–H and O–H groups in total. The topological polar surface area (TPSA) is 115 Å². The molecule has 0 aliphatic carbocycles. The van der Waals surface area contributed by atoms with Crippen LogP contribution in [-0.4, -0.2) is 63.1 Å². The molecule has 39 heavy (non-hydrogen) atoms. The van der Waals surface area contributed by atoms with Gasteiger partial charge in [0.15, 0.2) is 6.23 Å². The predicted octanol–water partition coefficient (Wildman–Crippen LogP) is 4.25. The molecular weight excluding hydrogens is 509 g/mol. The highest BCUT2D eigenvalue weighted by molar-refractivity contribution is 5.76. The number of nitrogens with zero attached hydrogens (tertiary/aromatic N) is 1. The Morgan fingerprint density at radius 2 is 1.79 bits per heavy atom. The van der Waals surface area contributed by atoms with E-state index in [4.69, 9.17) is 18.9 Å². The van der Waals surface area contributed by atoms with Crippen molar-refractivity contribution in [1.82, 2.24) is 15.5 Å². The third kappa shape index (κ3) is 8.76. The lowest BCUT2D eigenvalue weighted by molar-refractivity contribution is -0.140. The Hall–Kier alpha value is -4.02. The maximum absolute atomic E-state index is 13.7. The van der Waals surface area contributed by atoms with Crippen LogP contribution in [0.3, 0.4) is 0 Å². The molecule has 2 aromatic rings. The second kappa shape index (κ2) is 14.2. The SMILES string of the molecule is COc1cc(CC(NC(=O)N2CCCCC2c2ccc(F)cc2C)OC(=O)NCCOC(C)=O)cc(OC)c1. The number of alkyl carbamates (subject to hydrolysis) is 1. The van der Waals surface area contributed by atoms with Crippen LogP contribution in [0.2, 0.25) is 0 Å². The molecule has 0 aromatic heterocycles. The third-order valence-electron chi connectivity index (χ3n) is 6.40. The Kier molecular flexibility index (Phi) is 10.8. The Labute approximate surface area is 227 Å². The summed E-state index contributed by atoms with van der Waals surface area (Å²) in [5.41, 5.74) is 2.35. The molecule has 2 unspecified atom stereocenters. The van der Waals surface area contributed by atoms with E-state index < -0.39 is 24.3 Å². The molecule has 1 fully saturated rings. The van der Waals surface area contributed by atoms with Gasteiger partial charge in [-0.15, -0.1) is 0 Å². The highest BCUT2D eigenvalue weighted by atomic mass is 19.1. The second-order valence-corrected chi connectivity index (χ2v) is 9.24. The fourth-order valence-electron chi connectivity index (χ4n) is 4.57. The molecule has 212 valence electrons. The number of methoxy groups -OCH3 is 2. The number of piperidine rings is 1. The minimum atomic E-state index is -1.04. The fourth-order valence-corrected chi connectivity index (χ4v) is 4.57. The van der Waals surface area contributed by atoms with E-state index in [1.807, 2.05) is 6.92 Å². The lowest BCUT2D eigenvalue weighted by Crippen LogP contribution is -2.50. The molecule has 3 amide bonds. The van der Waals surface area contributed by atoms with Gasteiger partial charge in [-0.25, -0.2) is 14.0 Å². The summed E-state index contributed by atoms with van der Waals surface area (Å²) >= 11 is 0. The molecule has 0 radical (unpaired) electrons. The van der Waals surface area contributed by atoms with Crippen molar-refractivity contribution in [3.63, 3.8) is 0 Å².